The molecule has 4 nitrogen and oxygen atoms in total. The molecule has 1 unspecified atom stereocenters. The van der Waals surface area contributed by atoms with Crippen LogP contribution < -0.4 is 5.32 Å². The number of aromatic hydroxyl groups is 1. The first kappa shape index (κ1) is 13.9. The van der Waals surface area contributed by atoms with Crippen LogP contribution in [0.15, 0.2) is 24.3 Å². The highest BCUT2D eigenvalue weighted by Crippen LogP contribution is 2.12. The fourth-order valence-corrected chi connectivity index (χ4v) is 2.48. The number of nitrogens with zero attached hydrogens (tertiary/aromatic N) is 1. The average molecular weight is 262 g/mol. The van der Waals surface area contributed by atoms with E-state index in [0.29, 0.717) is 18.2 Å². The summed E-state index contributed by atoms with van der Waals surface area (Å²) in [6.07, 6.45) is 3.83. The van der Waals surface area contributed by atoms with Crippen molar-refractivity contribution in [2.45, 2.75) is 32.2 Å². The van der Waals surface area contributed by atoms with E-state index in [4.69, 9.17) is 0 Å². The van der Waals surface area contributed by atoms with Gasteiger partial charge in [0.2, 0.25) is 0 Å². The maximum absolute atomic E-state index is 11.9. The molecule has 0 spiro atoms. The van der Waals surface area contributed by atoms with Crippen LogP contribution in [0, 0.1) is 0 Å². The highest BCUT2D eigenvalue weighted by Gasteiger charge is 2.17. The number of nitrogens with one attached hydrogen (secondary N) is 1. The fourth-order valence-electron chi connectivity index (χ4n) is 2.48. The molecule has 19 heavy (non-hydrogen) atoms. The Hall–Kier alpha value is -1.55. The van der Waals surface area contributed by atoms with E-state index in [9.17, 15) is 9.90 Å². The van der Waals surface area contributed by atoms with Gasteiger partial charge in [-0.25, -0.2) is 0 Å². The molecular weight excluding hydrogens is 240 g/mol. The third kappa shape index (κ3) is 3.96. The minimum Gasteiger partial charge on any atom is -0.508 e. The largest absolute Gasteiger partial charge is 0.508 e. The third-order valence-electron chi connectivity index (χ3n) is 3.68. The van der Waals surface area contributed by atoms with Crippen molar-refractivity contribution in [1.29, 1.82) is 0 Å². The number of benzene rings is 1. The van der Waals surface area contributed by atoms with Crippen molar-refractivity contribution in [2.24, 2.45) is 0 Å². The molecule has 2 N–H and O–H groups in total. The van der Waals surface area contributed by atoms with Crippen LogP contribution in [0.5, 0.6) is 5.75 Å². The van der Waals surface area contributed by atoms with E-state index in [2.05, 4.69) is 17.1 Å². The molecule has 1 saturated heterocycles. The topological polar surface area (TPSA) is 52.6 Å². The first-order valence-corrected chi connectivity index (χ1v) is 6.98. The molecule has 104 valence electrons. The Kier molecular flexibility index (Phi) is 4.80. The predicted octanol–water partition coefficient (Wildman–Crippen LogP) is 2.00. The molecule has 1 atom stereocenters. The van der Waals surface area contributed by atoms with Crippen LogP contribution in [-0.2, 0) is 0 Å². The number of likely N-dealkylation sites (tertiary alicyclic amines) is 1. The minimum atomic E-state index is -0.125. The summed E-state index contributed by atoms with van der Waals surface area (Å²) in [6, 6.07) is 6.80. The Bertz CT molecular complexity index is 428. The molecule has 4 heteroatoms. The van der Waals surface area contributed by atoms with Crippen molar-refractivity contribution in [3.05, 3.63) is 29.8 Å². The molecule has 1 fully saturated rings. The van der Waals surface area contributed by atoms with Gasteiger partial charge < -0.3 is 10.4 Å². The second-order valence-corrected chi connectivity index (χ2v) is 5.21. The molecule has 1 aromatic carbocycles. The van der Waals surface area contributed by atoms with Gasteiger partial charge in [-0.2, -0.15) is 0 Å². The van der Waals surface area contributed by atoms with Crippen LogP contribution in [0.2, 0.25) is 0 Å². The summed E-state index contributed by atoms with van der Waals surface area (Å²) < 4.78 is 0. The lowest BCUT2D eigenvalue weighted by Crippen LogP contribution is -2.44. The number of hydrogen-bond donors (Lipinski definition) is 2. The molecule has 0 aromatic heterocycles. The quantitative estimate of drug-likeness (QED) is 0.872. The zero-order valence-corrected chi connectivity index (χ0v) is 11.4. The van der Waals surface area contributed by atoms with Crippen LogP contribution in [0.3, 0.4) is 0 Å². The number of carbonyl (C=O) groups is 1. The van der Waals surface area contributed by atoms with Crippen LogP contribution in [0.1, 0.15) is 36.5 Å². The van der Waals surface area contributed by atoms with Gasteiger partial charge in [0.25, 0.3) is 5.91 Å². The first-order valence-electron chi connectivity index (χ1n) is 6.98. The summed E-state index contributed by atoms with van der Waals surface area (Å²) in [5, 5.41) is 12.3. The summed E-state index contributed by atoms with van der Waals surface area (Å²) in [5.41, 5.74) is 0.505. The lowest BCUT2D eigenvalue weighted by molar-refractivity contribution is 0.0929. The van der Waals surface area contributed by atoms with E-state index >= 15 is 0 Å². The predicted molar refractivity (Wildman–Crippen MR) is 75.3 cm³/mol. The van der Waals surface area contributed by atoms with Gasteiger partial charge in [-0.3, -0.25) is 9.69 Å². The Morgan fingerprint density at radius 2 is 2.11 bits per heavy atom. The van der Waals surface area contributed by atoms with Crippen molar-refractivity contribution in [3.8, 4) is 5.75 Å². The van der Waals surface area contributed by atoms with Crippen molar-refractivity contribution < 1.29 is 9.90 Å². The number of carbonyl (C=O) groups excluding carboxylic acids is 1. The highest BCUT2D eigenvalue weighted by molar-refractivity contribution is 5.94. The molecule has 2 rings (SSSR count). The Balaban J connectivity index is 1.82. The zero-order chi connectivity index (χ0) is 13.7. The fraction of sp³-hybridized carbons (Fsp3) is 0.533. The van der Waals surface area contributed by atoms with Gasteiger partial charge in [-0.1, -0.05) is 12.5 Å². The van der Waals surface area contributed by atoms with E-state index in [1.807, 2.05) is 0 Å². The monoisotopic (exact) mass is 262 g/mol. The standard InChI is InChI=1S/C15H22N2O2/c1-12(17-8-3-2-4-9-17)11-16-15(19)13-6-5-7-14(18)10-13/h5-7,10,12,18H,2-4,8-9,11H2,1H3,(H,16,19). The van der Waals surface area contributed by atoms with Crippen LogP contribution in [-0.4, -0.2) is 41.6 Å². The van der Waals surface area contributed by atoms with Gasteiger partial charge in [0, 0.05) is 18.2 Å². The van der Waals surface area contributed by atoms with Crippen LogP contribution in [0.4, 0.5) is 0 Å². The number of phenols is 1. The molecule has 0 bridgehead atoms. The Morgan fingerprint density at radius 3 is 2.79 bits per heavy atom. The summed E-state index contributed by atoms with van der Waals surface area (Å²) in [7, 11) is 0. The Morgan fingerprint density at radius 1 is 1.37 bits per heavy atom. The molecule has 1 amide bonds. The van der Waals surface area contributed by atoms with Crippen molar-refractivity contribution in [1.82, 2.24) is 10.2 Å². The van der Waals surface area contributed by atoms with Crippen molar-refractivity contribution in [3.63, 3.8) is 0 Å². The van der Waals surface area contributed by atoms with Crippen LogP contribution >= 0.6 is 0 Å². The number of piperidine rings is 1. The highest BCUT2D eigenvalue weighted by atomic mass is 16.3. The summed E-state index contributed by atoms with van der Waals surface area (Å²) in [4.78, 5) is 14.4. The lowest BCUT2D eigenvalue weighted by atomic mass is 10.1. The molecule has 0 radical (unpaired) electrons. The van der Waals surface area contributed by atoms with Gasteiger partial charge in [-0.05, 0) is 51.1 Å². The zero-order valence-electron chi connectivity index (χ0n) is 11.4. The second kappa shape index (κ2) is 6.57. The molecule has 1 aliphatic rings. The summed E-state index contributed by atoms with van der Waals surface area (Å²) in [5.74, 6) is -0.00325. The maximum Gasteiger partial charge on any atom is 0.251 e. The van der Waals surface area contributed by atoms with Crippen molar-refractivity contribution >= 4 is 5.91 Å². The maximum atomic E-state index is 11.9. The number of amides is 1. The number of rotatable bonds is 4. The van der Waals surface area contributed by atoms with Gasteiger partial charge in [0.05, 0.1) is 0 Å². The molecule has 1 aromatic rings. The number of phenolic OH excluding ortho intramolecular Hbond substituents is 1. The first-order chi connectivity index (χ1) is 9.16. The molecule has 1 aliphatic heterocycles. The van der Waals surface area contributed by atoms with Gasteiger partial charge in [0.15, 0.2) is 0 Å². The molecule has 0 aliphatic carbocycles. The van der Waals surface area contributed by atoms with Gasteiger partial charge in [0.1, 0.15) is 5.75 Å². The molecule has 0 saturated carbocycles. The SMILES string of the molecule is CC(CNC(=O)c1cccc(O)c1)N1CCCCC1. The molecule has 1 heterocycles. The number of hydrogen-bond acceptors (Lipinski definition) is 3. The third-order valence-corrected chi connectivity index (χ3v) is 3.68. The van der Waals surface area contributed by atoms with E-state index in [1.54, 1.807) is 18.2 Å². The molecular formula is C15H22N2O2. The van der Waals surface area contributed by atoms with Crippen LogP contribution in [0.25, 0.3) is 0 Å². The summed E-state index contributed by atoms with van der Waals surface area (Å²) >= 11 is 0. The van der Waals surface area contributed by atoms with E-state index in [1.165, 1.54) is 25.3 Å². The summed E-state index contributed by atoms with van der Waals surface area (Å²) in [6.45, 7) is 5.05. The van der Waals surface area contributed by atoms with Gasteiger partial charge >= 0.3 is 0 Å². The van der Waals surface area contributed by atoms with E-state index in [0.717, 1.165) is 13.1 Å². The smallest absolute Gasteiger partial charge is 0.251 e. The van der Waals surface area contributed by atoms with Crippen molar-refractivity contribution in [2.75, 3.05) is 19.6 Å². The normalized spacial score (nSPS) is 17.9. The Labute approximate surface area is 114 Å². The minimum absolute atomic E-state index is 0.122. The van der Waals surface area contributed by atoms with E-state index < -0.39 is 0 Å². The van der Waals surface area contributed by atoms with Gasteiger partial charge in [-0.15, -0.1) is 0 Å². The van der Waals surface area contributed by atoms with E-state index in [-0.39, 0.29) is 11.7 Å². The lowest BCUT2D eigenvalue weighted by Gasteiger charge is -2.32. The second-order valence-electron chi connectivity index (χ2n) is 5.21. The average Bonchev–Trinajstić information content (AvgIpc) is 2.45.